The molecule has 112 valence electrons. The number of carbonyl (C=O) groups is 1. The Hall–Kier alpha value is -1.29. The normalized spacial score (nSPS) is 21.4. The first kappa shape index (κ1) is 15.1. The maximum atomic E-state index is 12.4. The quantitative estimate of drug-likeness (QED) is 0.893. The van der Waals surface area contributed by atoms with Crippen LogP contribution in [0.25, 0.3) is 0 Å². The summed E-state index contributed by atoms with van der Waals surface area (Å²) in [6.45, 7) is 10.5. The third kappa shape index (κ3) is 2.90. The van der Waals surface area contributed by atoms with Crippen LogP contribution in [0.2, 0.25) is 0 Å². The van der Waals surface area contributed by atoms with Crippen molar-refractivity contribution in [1.82, 2.24) is 5.32 Å². The minimum Gasteiger partial charge on any atom is -0.466 e. The van der Waals surface area contributed by atoms with Gasteiger partial charge >= 0.3 is 0 Å². The van der Waals surface area contributed by atoms with Crippen molar-refractivity contribution >= 4 is 5.91 Å². The van der Waals surface area contributed by atoms with E-state index in [0.717, 1.165) is 29.9 Å². The van der Waals surface area contributed by atoms with Crippen molar-refractivity contribution in [3.63, 3.8) is 0 Å². The van der Waals surface area contributed by atoms with Crippen molar-refractivity contribution in [2.45, 2.75) is 53.5 Å². The fourth-order valence-electron chi connectivity index (χ4n) is 2.76. The molecule has 1 aliphatic carbocycles. The van der Waals surface area contributed by atoms with E-state index in [0.29, 0.717) is 6.54 Å². The molecule has 1 aromatic heterocycles. The first-order valence-corrected chi connectivity index (χ1v) is 7.25. The maximum absolute atomic E-state index is 12.4. The lowest BCUT2D eigenvalue weighted by Crippen LogP contribution is -2.45. The van der Waals surface area contributed by atoms with Gasteiger partial charge in [-0.1, -0.05) is 13.8 Å². The van der Waals surface area contributed by atoms with Crippen LogP contribution in [0, 0.1) is 17.8 Å². The molecule has 1 aromatic rings. The van der Waals surface area contributed by atoms with Gasteiger partial charge in [-0.15, -0.1) is 0 Å². The smallest absolute Gasteiger partial charge is 0.227 e. The van der Waals surface area contributed by atoms with Gasteiger partial charge < -0.3 is 15.5 Å². The van der Waals surface area contributed by atoms with Crippen molar-refractivity contribution in [2.24, 2.45) is 16.6 Å². The molecule has 1 amide bonds. The highest BCUT2D eigenvalue weighted by Crippen LogP contribution is 2.42. The SMILES string of the molecule is Cc1cc2c(o1)CC(C)(C)CC2NC(=O)C(C)(C)CN. The molecule has 0 aliphatic heterocycles. The van der Waals surface area contributed by atoms with Gasteiger partial charge in [-0.3, -0.25) is 4.79 Å². The fourth-order valence-corrected chi connectivity index (χ4v) is 2.76. The Morgan fingerprint density at radius 1 is 1.55 bits per heavy atom. The highest BCUT2D eigenvalue weighted by atomic mass is 16.3. The molecule has 0 bridgehead atoms. The van der Waals surface area contributed by atoms with Crippen molar-refractivity contribution in [3.05, 3.63) is 23.2 Å². The van der Waals surface area contributed by atoms with Crippen LogP contribution in [0.3, 0.4) is 0 Å². The van der Waals surface area contributed by atoms with Crippen molar-refractivity contribution in [1.29, 1.82) is 0 Å². The van der Waals surface area contributed by atoms with E-state index >= 15 is 0 Å². The zero-order chi connectivity index (χ0) is 15.1. The van der Waals surface area contributed by atoms with Crippen LogP contribution in [0.4, 0.5) is 0 Å². The first-order valence-electron chi connectivity index (χ1n) is 7.25. The minimum atomic E-state index is -0.541. The molecule has 20 heavy (non-hydrogen) atoms. The molecule has 4 heteroatoms. The van der Waals surface area contributed by atoms with Gasteiger partial charge in [0.05, 0.1) is 11.5 Å². The molecule has 1 unspecified atom stereocenters. The summed E-state index contributed by atoms with van der Waals surface area (Å²) in [7, 11) is 0. The first-order chi connectivity index (χ1) is 9.14. The molecule has 3 N–H and O–H groups in total. The Morgan fingerprint density at radius 3 is 2.80 bits per heavy atom. The fraction of sp³-hybridized carbons (Fsp3) is 0.688. The lowest BCUT2D eigenvalue weighted by Gasteiger charge is -2.36. The summed E-state index contributed by atoms with van der Waals surface area (Å²) in [5, 5.41) is 3.16. The summed E-state index contributed by atoms with van der Waals surface area (Å²) in [5.41, 5.74) is 6.40. The van der Waals surface area contributed by atoms with E-state index in [2.05, 4.69) is 19.2 Å². The predicted molar refractivity (Wildman–Crippen MR) is 79.3 cm³/mol. The second kappa shape index (κ2) is 4.92. The molecule has 1 atom stereocenters. The molecular weight excluding hydrogens is 252 g/mol. The van der Waals surface area contributed by atoms with Gasteiger partial charge in [0.15, 0.2) is 0 Å². The van der Waals surface area contributed by atoms with Gasteiger partial charge in [0.1, 0.15) is 11.5 Å². The summed E-state index contributed by atoms with van der Waals surface area (Å²) in [5.74, 6) is 1.92. The second-order valence-electron chi connectivity index (χ2n) is 7.39. The molecule has 4 nitrogen and oxygen atoms in total. The van der Waals surface area contributed by atoms with E-state index in [4.69, 9.17) is 10.2 Å². The Labute approximate surface area is 121 Å². The molecular formula is C16H26N2O2. The van der Waals surface area contributed by atoms with Crippen molar-refractivity contribution in [3.8, 4) is 0 Å². The number of rotatable bonds is 3. The highest BCUT2D eigenvalue weighted by molar-refractivity contribution is 5.82. The Bertz CT molecular complexity index is 515. The Kier molecular flexibility index (Phi) is 3.71. The number of nitrogens with two attached hydrogens (primary N) is 1. The number of carbonyl (C=O) groups excluding carboxylic acids is 1. The predicted octanol–water partition coefficient (Wildman–Crippen LogP) is 2.70. The molecule has 0 fully saturated rings. The van der Waals surface area contributed by atoms with Crippen molar-refractivity contribution < 1.29 is 9.21 Å². The van der Waals surface area contributed by atoms with Crippen LogP contribution in [0.5, 0.6) is 0 Å². The van der Waals surface area contributed by atoms with Crippen molar-refractivity contribution in [2.75, 3.05) is 6.54 Å². The lowest BCUT2D eigenvalue weighted by molar-refractivity contribution is -0.130. The van der Waals surface area contributed by atoms with Crippen LogP contribution in [0.1, 0.15) is 57.2 Å². The molecule has 0 radical (unpaired) electrons. The molecule has 0 spiro atoms. The number of hydrogen-bond acceptors (Lipinski definition) is 3. The number of nitrogens with one attached hydrogen (secondary N) is 1. The highest BCUT2D eigenvalue weighted by Gasteiger charge is 2.37. The lowest BCUT2D eigenvalue weighted by atomic mass is 9.74. The number of fused-ring (bicyclic) bond motifs is 1. The van der Waals surface area contributed by atoms with Gasteiger partial charge in [0.25, 0.3) is 0 Å². The standard InChI is InChI=1S/C16H26N2O2/c1-10-6-11-12(18-14(19)16(4,5)9-17)7-15(2,3)8-13(11)20-10/h6,12H,7-9,17H2,1-5H3,(H,18,19). The number of hydrogen-bond donors (Lipinski definition) is 2. The second-order valence-corrected chi connectivity index (χ2v) is 7.39. The summed E-state index contributed by atoms with van der Waals surface area (Å²) in [6, 6.07) is 2.06. The molecule has 1 aliphatic rings. The Morgan fingerprint density at radius 2 is 2.20 bits per heavy atom. The zero-order valence-electron chi connectivity index (χ0n) is 13.2. The maximum Gasteiger partial charge on any atom is 0.227 e. The van der Waals surface area contributed by atoms with E-state index in [-0.39, 0.29) is 17.4 Å². The van der Waals surface area contributed by atoms with Gasteiger partial charge in [-0.05, 0) is 38.7 Å². The summed E-state index contributed by atoms with van der Waals surface area (Å²) in [6.07, 6.45) is 1.84. The topological polar surface area (TPSA) is 68.3 Å². The van der Waals surface area contributed by atoms with Crippen LogP contribution >= 0.6 is 0 Å². The molecule has 1 heterocycles. The van der Waals surface area contributed by atoms with Gasteiger partial charge in [0, 0.05) is 18.5 Å². The number of amides is 1. The average Bonchev–Trinajstić information content (AvgIpc) is 2.67. The van der Waals surface area contributed by atoms with E-state index in [1.54, 1.807) is 0 Å². The zero-order valence-corrected chi connectivity index (χ0v) is 13.2. The summed E-state index contributed by atoms with van der Waals surface area (Å²) in [4.78, 5) is 12.4. The van der Waals surface area contributed by atoms with Gasteiger partial charge in [-0.2, -0.15) is 0 Å². The third-order valence-corrected chi connectivity index (χ3v) is 4.17. The van der Waals surface area contributed by atoms with Crippen LogP contribution < -0.4 is 11.1 Å². The van der Waals surface area contributed by atoms with Gasteiger partial charge in [-0.25, -0.2) is 0 Å². The largest absolute Gasteiger partial charge is 0.466 e. The average molecular weight is 278 g/mol. The molecule has 0 saturated heterocycles. The van der Waals surface area contributed by atoms with E-state index in [1.807, 2.05) is 26.8 Å². The summed E-state index contributed by atoms with van der Waals surface area (Å²) >= 11 is 0. The molecule has 2 rings (SSSR count). The number of aryl methyl sites for hydroxylation is 1. The minimum absolute atomic E-state index is 0.00695. The third-order valence-electron chi connectivity index (χ3n) is 4.17. The van der Waals surface area contributed by atoms with Crippen LogP contribution in [-0.2, 0) is 11.2 Å². The van der Waals surface area contributed by atoms with Crippen LogP contribution in [0.15, 0.2) is 10.5 Å². The van der Waals surface area contributed by atoms with E-state index < -0.39 is 5.41 Å². The van der Waals surface area contributed by atoms with Crippen LogP contribution in [-0.4, -0.2) is 12.5 Å². The molecule has 0 aromatic carbocycles. The van der Waals surface area contributed by atoms with E-state index in [9.17, 15) is 4.79 Å². The van der Waals surface area contributed by atoms with E-state index in [1.165, 1.54) is 0 Å². The Balaban J connectivity index is 2.25. The number of furan rings is 1. The molecule has 0 saturated carbocycles. The summed E-state index contributed by atoms with van der Waals surface area (Å²) < 4.78 is 5.79. The monoisotopic (exact) mass is 278 g/mol. The van der Waals surface area contributed by atoms with Gasteiger partial charge in [0.2, 0.25) is 5.91 Å².